The molecule has 0 saturated heterocycles. The number of benzene rings is 1. The Morgan fingerprint density at radius 1 is 1.36 bits per heavy atom. The van der Waals surface area contributed by atoms with Crippen LogP contribution in [0.1, 0.15) is 22.8 Å². The van der Waals surface area contributed by atoms with E-state index in [1.54, 1.807) is 18.4 Å². The van der Waals surface area contributed by atoms with Gasteiger partial charge in [-0.2, -0.15) is 11.8 Å². The van der Waals surface area contributed by atoms with Crippen molar-refractivity contribution in [3.8, 4) is 5.75 Å². The molecule has 10 heteroatoms. The number of fused-ring (bicyclic) bond motifs is 1. The lowest BCUT2D eigenvalue weighted by Gasteiger charge is -2.29. The minimum absolute atomic E-state index is 0.0725. The number of ketones is 1. The molecular weight excluding hydrogens is 365 g/mol. The van der Waals surface area contributed by atoms with Gasteiger partial charge >= 0.3 is 13.1 Å². The number of carbonyl (C=O) groups excluding carboxylic acids is 2. The van der Waals surface area contributed by atoms with Crippen LogP contribution < -0.4 is 9.97 Å². The zero-order valence-corrected chi connectivity index (χ0v) is 15.4. The van der Waals surface area contributed by atoms with Gasteiger partial charge in [0.05, 0.1) is 17.4 Å². The summed E-state index contributed by atoms with van der Waals surface area (Å²) in [5, 5.41) is 22.4. The fraction of sp³-hybridized carbons (Fsp3) is 0.400. The molecule has 134 valence electrons. The second kappa shape index (κ2) is 8.64. The van der Waals surface area contributed by atoms with E-state index in [2.05, 4.69) is 5.32 Å². The van der Waals surface area contributed by atoms with Crippen molar-refractivity contribution in [3.63, 3.8) is 0 Å². The van der Waals surface area contributed by atoms with E-state index in [4.69, 9.17) is 4.65 Å². The molecule has 1 aliphatic heterocycles. The van der Waals surface area contributed by atoms with Gasteiger partial charge in [-0.05, 0) is 31.2 Å². The second-order valence-electron chi connectivity index (χ2n) is 5.54. The summed E-state index contributed by atoms with van der Waals surface area (Å²) in [5.74, 6) is -1.65. The number of nitrogens with one attached hydrogen (secondary N) is 1. The highest BCUT2D eigenvalue weighted by Crippen LogP contribution is 2.36. The first kappa shape index (κ1) is 19.7. The maximum Gasteiger partial charge on any atom is 0.547 e. The van der Waals surface area contributed by atoms with Crippen LogP contribution in [0.15, 0.2) is 17.0 Å². The Balaban J connectivity index is 2.28. The van der Waals surface area contributed by atoms with Crippen LogP contribution in [-0.2, 0) is 16.0 Å². The molecular formula is C15H18BNO6S2. The maximum absolute atomic E-state index is 11.7. The third kappa shape index (κ3) is 4.93. The van der Waals surface area contributed by atoms with Crippen LogP contribution >= 0.6 is 23.5 Å². The molecule has 2 rings (SSSR count). The summed E-state index contributed by atoms with van der Waals surface area (Å²) in [6.07, 6.45) is 2.05. The van der Waals surface area contributed by atoms with Crippen molar-refractivity contribution >= 4 is 48.3 Å². The molecule has 7 nitrogen and oxygen atoms in total. The molecule has 0 spiro atoms. The Hall–Kier alpha value is -1.65. The first-order valence-electron chi connectivity index (χ1n) is 7.48. The molecule has 1 aromatic carbocycles. The highest BCUT2D eigenvalue weighted by molar-refractivity contribution is 8.00. The highest BCUT2D eigenvalue weighted by Gasteiger charge is 2.38. The summed E-state index contributed by atoms with van der Waals surface area (Å²) in [6.45, 7) is 1.42. The lowest BCUT2D eigenvalue weighted by Crippen LogP contribution is -2.53. The molecule has 3 N–H and O–H groups in total. The third-order valence-electron chi connectivity index (χ3n) is 3.49. The Morgan fingerprint density at radius 3 is 2.68 bits per heavy atom. The van der Waals surface area contributed by atoms with Crippen LogP contribution in [0.5, 0.6) is 5.75 Å². The quantitative estimate of drug-likeness (QED) is 0.470. The van der Waals surface area contributed by atoms with Gasteiger partial charge in [0.25, 0.3) is 0 Å². The van der Waals surface area contributed by atoms with Crippen LogP contribution in [0, 0.1) is 0 Å². The van der Waals surface area contributed by atoms with E-state index in [9.17, 15) is 24.5 Å². The first-order chi connectivity index (χ1) is 11.8. The van der Waals surface area contributed by atoms with Crippen LogP contribution in [0.4, 0.5) is 0 Å². The Kier molecular flexibility index (Phi) is 6.80. The molecule has 0 aromatic heterocycles. The number of aromatic carboxylic acids is 1. The highest BCUT2D eigenvalue weighted by atomic mass is 32.2. The molecule has 0 aliphatic carbocycles. The van der Waals surface area contributed by atoms with Crippen molar-refractivity contribution in [1.82, 2.24) is 5.32 Å². The van der Waals surface area contributed by atoms with Crippen molar-refractivity contribution in [1.29, 1.82) is 0 Å². The summed E-state index contributed by atoms with van der Waals surface area (Å²) in [6, 6.07) is 3.32. The molecule has 1 aromatic rings. The summed E-state index contributed by atoms with van der Waals surface area (Å²) in [7, 11) is -1.34. The number of rotatable bonds is 7. The van der Waals surface area contributed by atoms with Crippen molar-refractivity contribution < 1.29 is 29.2 Å². The molecule has 0 bridgehead atoms. The average Bonchev–Trinajstić information content (AvgIpc) is 2.53. The van der Waals surface area contributed by atoms with Gasteiger partial charge in [-0.15, -0.1) is 11.8 Å². The number of Topliss-reactive ketones (excluding diaryl/α,β-unsaturated/α-hetero) is 1. The smallest absolute Gasteiger partial charge is 0.534 e. The predicted molar refractivity (Wildman–Crippen MR) is 97.4 cm³/mol. The van der Waals surface area contributed by atoms with Crippen LogP contribution in [0.3, 0.4) is 0 Å². The van der Waals surface area contributed by atoms with Gasteiger partial charge in [-0.1, -0.05) is 6.07 Å². The monoisotopic (exact) mass is 383 g/mol. The first-order valence-corrected chi connectivity index (χ1v) is 9.85. The van der Waals surface area contributed by atoms with Gasteiger partial charge in [-0.25, -0.2) is 4.79 Å². The number of carboxylic acids is 1. The Labute approximate surface area is 154 Å². The van der Waals surface area contributed by atoms with E-state index >= 15 is 0 Å². The fourth-order valence-corrected chi connectivity index (χ4v) is 3.64. The molecule has 0 saturated carbocycles. The summed E-state index contributed by atoms with van der Waals surface area (Å²) in [5.41, 5.74) is 0.515. The number of thioether (sulfide) groups is 2. The lowest BCUT2D eigenvalue weighted by molar-refractivity contribution is -0.119. The van der Waals surface area contributed by atoms with Gasteiger partial charge in [0.2, 0.25) is 5.91 Å². The Bertz CT molecular complexity index is 699. The van der Waals surface area contributed by atoms with Gasteiger partial charge in [0, 0.05) is 4.90 Å². The van der Waals surface area contributed by atoms with Crippen molar-refractivity contribution in [2.75, 3.05) is 17.8 Å². The number of carboxylic acid groups (broad SMARTS) is 1. The second-order valence-corrected chi connectivity index (χ2v) is 7.43. The van der Waals surface area contributed by atoms with Crippen LogP contribution in [0.2, 0.25) is 0 Å². The zero-order valence-electron chi connectivity index (χ0n) is 13.8. The SMILES string of the molecule is CSCC(=O)N[C@H]1Cc2ccc(SCC(C)=O)c(C(=O)O)c2OB1O. The predicted octanol–water partition coefficient (Wildman–Crippen LogP) is 0.868. The van der Waals surface area contributed by atoms with Gasteiger partial charge in [-0.3, -0.25) is 9.59 Å². The molecule has 1 atom stereocenters. The van der Waals surface area contributed by atoms with Crippen LogP contribution in [-0.4, -0.2) is 58.6 Å². The summed E-state index contributed by atoms with van der Waals surface area (Å²) in [4.78, 5) is 34.9. The standard InChI is InChI=1S/C15H18BNO6S2/c1-8(18)6-25-10-4-3-9-5-11(17-12(19)7-24-2)16(22)23-14(9)13(10)15(20)21/h3-4,11,22H,5-7H2,1-2H3,(H,17,19)(H,20,21)/t11-/m0/s1. The minimum Gasteiger partial charge on any atom is -0.534 e. The molecule has 1 amide bonds. The third-order valence-corrected chi connectivity index (χ3v) is 5.24. The van der Waals surface area contributed by atoms with E-state index in [1.807, 2.05) is 0 Å². The van der Waals surface area contributed by atoms with Crippen molar-refractivity contribution in [2.24, 2.45) is 0 Å². The topological polar surface area (TPSA) is 113 Å². The molecule has 0 fully saturated rings. The van der Waals surface area contributed by atoms with Gasteiger partial charge in [0.1, 0.15) is 17.1 Å². The van der Waals surface area contributed by atoms with Gasteiger partial charge < -0.3 is 20.1 Å². The Morgan fingerprint density at radius 2 is 2.08 bits per heavy atom. The lowest BCUT2D eigenvalue weighted by atomic mass is 9.72. The number of hydrogen-bond donors (Lipinski definition) is 3. The zero-order chi connectivity index (χ0) is 18.6. The fourth-order valence-electron chi connectivity index (χ4n) is 2.45. The summed E-state index contributed by atoms with van der Waals surface area (Å²) >= 11 is 2.47. The molecule has 0 radical (unpaired) electrons. The average molecular weight is 383 g/mol. The number of amides is 1. The van der Waals surface area contributed by atoms with E-state index < -0.39 is 19.0 Å². The number of hydrogen-bond acceptors (Lipinski definition) is 7. The molecule has 1 heterocycles. The molecule has 25 heavy (non-hydrogen) atoms. The summed E-state index contributed by atoms with van der Waals surface area (Å²) < 4.78 is 5.42. The van der Waals surface area contributed by atoms with E-state index in [1.165, 1.54) is 18.7 Å². The van der Waals surface area contributed by atoms with Crippen molar-refractivity contribution in [3.05, 3.63) is 23.3 Å². The normalized spacial score (nSPS) is 16.0. The largest absolute Gasteiger partial charge is 0.547 e. The molecule has 0 unspecified atom stereocenters. The van der Waals surface area contributed by atoms with Gasteiger partial charge in [0.15, 0.2) is 0 Å². The van der Waals surface area contributed by atoms with E-state index in [0.29, 0.717) is 10.5 Å². The molecule has 1 aliphatic rings. The van der Waals surface area contributed by atoms with Crippen molar-refractivity contribution in [2.45, 2.75) is 24.2 Å². The number of carbonyl (C=O) groups is 3. The van der Waals surface area contributed by atoms with E-state index in [0.717, 1.165) is 11.8 Å². The van der Waals surface area contributed by atoms with Crippen LogP contribution in [0.25, 0.3) is 0 Å². The van der Waals surface area contributed by atoms with E-state index in [-0.39, 0.29) is 40.9 Å². The maximum atomic E-state index is 11.7. The minimum atomic E-state index is -1.34.